The highest BCUT2D eigenvalue weighted by molar-refractivity contribution is 5.91. The molecular formula is C28H34N2O2. The lowest BCUT2D eigenvalue weighted by molar-refractivity contribution is 0.0902. The second-order valence-corrected chi connectivity index (χ2v) is 9.06. The van der Waals surface area contributed by atoms with Crippen molar-refractivity contribution in [2.45, 2.75) is 71.1 Å². The zero-order valence-corrected chi connectivity index (χ0v) is 19.2. The molecule has 32 heavy (non-hydrogen) atoms. The summed E-state index contributed by atoms with van der Waals surface area (Å²) in [5.74, 6) is 1.05. The van der Waals surface area contributed by atoms with Crippen LogP contribution in [0, 0.1) is 6.92 Å². The van der Waals surface area contributed by atoms with E-state index in [0.29, 0.717) is 11.8 Å². The highest BCUT2D eigenvalue weighted by Crippen LogP contribution is 2.26. The number of carbonyl (C=O) groups excluding carboxylic acids is 1. The monoisotopic (exact) mass is 430 g/mol. The molecule has 0 saturated heterocycles. The minimum Gasteiger partial charge on any atom is -0.455 e. The summed E-state index contributed by atoms with van der Waals surface area (Å²) in [4.78, 5) is 15.3. The zero-order chi connectivity index (χ0) is 22.3. The summed E-state index contributed by atoms with van der Waals surface area (Å²) in [7, 11) is 0. The first-order chi connectivity index (χ1) is 15.6. The fourth-order valence-electron chi connectivity index (χ4n) is 4.68. The lowest BCUT2D eigenvalue weighted by Gasteiger charge is -2.34. The van der Waals surface area contributed by atoms with Crippen LogP contribution in [0.5, 0.6) is 0 Å². The molecule has 3 aromatic rings. The van der Waals surface area contributed by atoms with E-state index in [4.69, 9.17) is 4.42 Å². The highest BCUT2D eigenvalue weighted by atomic mass is 16.4. The Kier molecular flexibility index (Phi) is 7.43. The van der Waals surface area contributed by atoms with Crippen LogP contribution in [0.2, 0.25) is 0 Å². The minimum atomic E-state index is -0.171. The lowest BCUT2D eigenvalue weighted by Crippen LogP contribution is -2.35. The number of rotatable bonds is 8. The maximum absolute atomic E-state index is 12.7. The summed E-state index contributed by atoms with van der Waals surface area (Å²) in [6, 6.07) is 23.0. The molecule has 2 aromatic carbocycles. The van der Waals surface area contributed by atoms with E-state index in [9.17, 15) is 4.79 Å². The molecule has 1 aliphatic rings. The Balaban J connectivity index is 1.44. The third-order valence-corrected chi connectivity index (χ3v) is 6.45. The minimum absolute atomic E-state index is 0.0719. The second-order valence-electron chi connectivity index (χ2n) is 9.06. The van der Waals surface area contributed by atoms with Gasteiger partial charge in [0.1, 0.15) is 5.76 Å². The number of furan rings is 1. The maximum Gasteiger partial charge on any atom is 0.287 e. The number of nitrogens with zero attached hydrogens (tertiary/aromatic N) is 1. The van der Waals surface area contributed by atoms with Crippen LogP contribution in [0.15, 0.2) is 71.1 Å². The van der Waals surface area contributed by atoms with Crippen LogP contribution in [-0.2, 0) is 13.1 Å². The second kappa shape index (κ2) is 10.6. The van der Waals surface area contributed by atoms with E-state index in [0.717, 1.165) is 24.4 Å². The molecule has 1 aromatic heterocycles. The van der Waals surface area contributed by atoms with Gasteiger partial charge in [-0.3, -0.25) is 9.69 Å². The van der Waals surface area contributed by atoms with Crippen molar-refractivity contribution in [2.75, 3.05) is 0 Å². The smallest absolute Gasteiger partial charge is 0.287 e. The van der Waals surface area contributed by atoms with Gasteiger partial charge in [0, 0.05) is 12.6 Å². The number of benzene rings is 2. The molecular weight excluding hydrogens is 396 g/mol. The molecule has 1 unspecified atom stereocenters. The molecule has 0 radical (unpaired) electrons. The molecule has 0 bridgehead atoms. The number of amides is 1. The molecule has 1 heterocycles. The Morgan fingerprint density at radius 3 is 2.53 bits per heavy atom. The van der Waals surface area contributed by atoms with Gasteiger partial charge >= 0.3 is 0 Å². The zero-order valence-electron chi connectivity index (χ0n) is 19.2. The average molecular weight is 431 g/mol. The van der Waals surface area contributed by atoms with Gasteiger partial charge < -0.3 is 9.73 Å². The van der Waals surface area contributed by atoms with Gasteiger partial charge in [-0.25, -0.2) is 0 Å². The third-order valence-electron chi connectivity index (χ3n) is 6.45. The average Bonchev–Trinajstić information content (AvgIpc) is 3.29. The molecule has 1 fully saturated rings. The van der Waals surface area contributed by atoms with Crippen molar-refractivity contribution in [2.24, 2.45) is 0 Å². The molecule has 168 valence electrons. The van der Waals surface area contributed by atoms with Gasteiger partial charge in [-0.2, -0.15) is 0 Å². The molecule has 0 aliphatic heterocycles. The summed E-state index contributed by atoms with van der Waals surface area (Å²) in [6.45, 7) is 5.76. The SMILES string of the molecule is Cc1cccc(CN(Cc2ccc(C(=O)NC(C)c3ccccc3)o2)C2CCCCC2)c1. The van der Waals surface area contributed by atoms with Gasteiger partial charge in [-0.1, -0.05) is 79.4 Å². The van der Waals surface area contributed by atoms with E-state index in [-0.39, 0.29) is 11.9 Å². The van der Waals surface area contributed by atoms with Crippen LogP contribution in [0.25, 0.3) is 0 Å². The van der Waals surface area contributed by atoms with E-state index < -0.39 is 0 Å². The van der Waals surface area contributed by atoms with E-state index >= 15 is 0 Å². The molecule has 1 N–H and O–H groups in total. The van der Waals surface area contributed by atoms with Crippen LogP contribution >= 0.6 is 0 Å². The molecule has 1 amide bonds. The van der Waals surface area contributed by atoms with Gasteiger partial charge in [-0.15, -0.1) is 0 Å². The maximum atomic E-state index is 12.7. The molecule has 1 atom stereocenters. The number of hydrogen-bond donors (Lipinski definition) is 1. The van der Waals surface area contributed by atoms with Crippen molar-refractivity contribution in [3.8, 4) is 0 Å². The summed E-state index contributed by atoms with van der Waals surface area (Å²) in [5, 5.41) is 3.04. The van der Waals surface area contributed by atoms with Crippen molar-refractivity contribution in [3.05, 3.63) is 94.9 Å². The number of hydrogen-bond acceptors (Lipinski definition) is 3. The Labute approximate surface area is 191 Å². The fraction of sp³-hybridized carbons (Fsp3) is 0.393. The first-order valence-corrected chi connectivity index (χ1v) is 11.8. The van der Waals surface area contributed by atoms with Crippen molar-refractivity contribution in [1.82, 2.24) is 10.2 Å². The number of carbonyl (C=O) groups is 1. The molecule has 1 aliphatic carbocycles. The summed E-state index contributed by atoms with van der Waals surface area (Å²) < 4.78 is 6.01. The Hall–Kier alpha value is -2.85. The largest absolute Gasteiger partial charge is 0.455 e. The number of nitrogens with one attached hydrogen (secondary N) is 1. The molecule has 4 nitrogen and oxygen atoms in total. The fourth-order valence-corrected chi connectivity index (χ4v) is 4.68. The van der Waals surface area contributed by atoms with Crippen molar-refractivity contribution in [1.29, 1.82) is 0 Å². The predicted molar refractivity (Wildman–Crippen MR) is 128 cm³/mol. The summed E-state index contributed by atoms with van der Waals surface area (Å²) in [5.41, 5.74) is 3.70. The Morgan fingerprint density at radius 2 is 1.78 bits per heavy atom. The van der Waals surface area contributed by atoms with Crippen LogP contribution in [0.4, 0.5) is 0 Å². The lowest BCUT2D eigenvalue weighted by atomic mass is 9.93. The first-order valence-electron chi connectivity index (χ1n) is 11.8. The van der Waals surface area contributed by atoms with E-state index in [1.165, 1.54) is 43.2 Å². The first kappa shape index (κ1) is 22.3. The molecule has 4 rings (SSSR count). The topological polar surface area (TPSA) is 45.5 Å². The standard InChI is InChI=1S/C28H34N2O2/c1-21-10-9-11-23(18-21)19-30(25-14-7-4-8-15-25)20-26-16-17-27(32-26)28(31)29-22(2)24-12-5-3-6-13-24/h3,5-6,9-13,16-18,22,25H,4,7-8,14-15,19-20H2,1-2H3,(H,29,31). The molecule has 1 saturated carbocycles. The van der Waals surface area contributed by atoms with Gasteiger partial charge in [0.05, 0.1) is 12.6 Å². The number of aryl methyl sites for hydroxylation is 1. The summed E-state index contributed by atoms with van der Waals surface area (Å²) in [6.07, 6.45) is 6.37. The quantitative estimate of drug-likeness (QED) is 0.449. The highest BCUT2D eigenvalue weighted by Gasteiger charge is 2.23. The van der Waals surface area contributed by atoms with Crippen LogP contribution < -0.4 is 5.32 Å². The van der Waals surface area contributed by atoms with Crippen LogP contribution in [-0.4, -0.2) is 16.8 Å². The Bertz CT molecular complexity index is 1010. The molecule has 0 spiro atoms. The normalized spacial score (nSPS) is 15.6. The van der Waals surface area contributed by atoms with Gasteiger partial charge in [0.2, 0.25) is 0 Å². The van der Waals surface area contributed by atoms with Gasteiger partial charge in [0.25, 0.3) is 5.91 Å². The van der Waals surface area contributed by atoms with Crippen LogP contribution in [0.3, 0.4) is 0 Å². The Morgan fingerprint density at radius 1 is 1.00 bits per heavy atom. The third kappa shape index (κ3) is 5.89. The van der Waals surface area contributed by atoms with E-state index in [1.54, 1.807) is 6.07 Å². The van der Waals surface area contributed by atoms with Crippen molar-refractivity contribution < 1.29 is 9.21 Å². The summed E-state index contributed by atoms with van der Waals surface area (Å²) >= 11 is 0. The van der Waals surface area contributed by atoms with E-state index in [2.05, 4.69) is 41.4 Å². The van der Waals surface area contributed by atoms with Crippen molar-refractivity contribution in [3.63, 3.8) is 0 Å². The molecule has 4 heteroatoms. The van der Waals surface area contributed by atoms with Crippen LogP contribution in [0.1, 0.15) is 78.1 Å². The van der Waals surface area contributed by atoms with Crippen molar-refractivity contribution >= 4 is 5.91 Å². The van der Waals surface area contributed by atoms with E-state index in [1.807, 2.05) is 43.3 Å². The van der Waals surface area contributed by atoms with Gasteiger partial charge in [0.15, 0.2) is 5.76 Å². The van der Waals surface area contributed by atoms with Gasteiger partial charge in [-0.05, 0) is 49.9 Å². The predicted octanol–water partition coefficient (Wildman–Crippen LogP) is 6.41.